The number of urea groups is 1. The number of nitro benzene ring substituents is 1. The Morgan fingerprint density at radius 3 is 2.27 bits per heavy atom. The number of rotatable bonds is 10. The zero-order valence-corrected chi connectivity index (χ0v) is 24.8. The van der Waals surface area contributed by atoms with Crippen molar-refractivity contribution >= 4 is 51.2 Å². The molecule has 4 aromatic rings. The number of hydrogen-bond acceptors (Lipinski definition) is 8. The molecule has 44 heavy (non-hydrogen) atoms. The first kappa shape index (κ1) is 30.0. The lowest BCUT2D eigenvalue weighted by atomic mass is 10.1. The molecular weight excluding hydrogens is 634 g/mol. The third-order valence-corrected chi connectivity index (χ3v) is 7.08. The van der Waals surface area contributed by atoms with Gasteiger partial charge < -0.3 is 14.2 Å². The van der Waals surface area contributed by atoms with Crippen LogP contribution in [0.1, 0.15) is 16.7 Å². The maximum Gasteiger partial charge on any atom is 0.335 e. The van der Waals surface area contributed by atoms with Crippen LogP contribution in [-0.2, 0) is 22.8 Å². The zero-order valence-electron chi connectivity index (χ0n) is 23.2. The van der Waals surface area contributed by atoms with Crippen molar-refractivity contribution in [2.75, 3.05) is 12.0 Å². The molecule has 0 saturated carbocycles. The standard InChI is InChI=1S/C32H24BrN3O8/c1-42-27-12-7-22(29(17-27)44-19-21-3-2-4-25(15-21)36(40)41)16-28-30(37)34-32(39)35(31(28)38)24-10-13-26(14-11-24)43-18-20-5-8-23(33)9-6-20/h2-17H,18-19H2,1H3,(H,34,37,39)/b28-16+. The number of nitro groups is 1. The molecule has 0 aromatic heterocycles. The van der Waals surface area contributed by atoms with E-state index < -0.39 is 22.8 Å². The minimum Gasteiger partial charge on any atom is -0.497 e. The predicted octanol–water partition coefficient (Wildman–Crippen LogP) is 6.19. The summed E-state index contributed by atoms with van der Waals surface area (Å²) in [6, 6.07) is 23.9. The van der Waals surface area contributed by atoms with E-state index in [4.69, 9.17) is 14.2 Å². The summed E-state index contributed by atoms with van der Waals surface area (Å²) in [5, 5.41) is 13.3. The molecule has 12 heteroatoms. The first-order chi connectivity index (χ1) is 21.2. The van der Waals surface area contributed by atoms with Crippen LogP contribution < -0.4 is 24.4 Å². The topological polar surface area (TPSA) is 137 Å². The first-order valence-corrected chi connectivity index (χ1v) is 13.9. The third-order valence-electron chi connectivity index (χ3n) is 6.55. The lowest BCUT2D eigenvalue weighted by Gasteiger charge is -2.26. The molecule has 11 nitrogen and oxygen atoms in total. The highest BCUT2D eigenvalue weighted by Crippen LogP contribution is 2.30. The van der Waals surface area contributed by atoms with Gasteiger partial charge in [0.2, 0.25) is 0 Å². The van der Waals surface area contributed by atoms with Crippen LogP contribution in [0, 0.1) is 10.1 Å². The lowest BCUT2D eigenvalue weighted by Crippen LogP contribution is -2.54. The van der Waals surface area contributed by atoms with Crippen molar-refractivity contribution in [3.05, 3.63) is 128 Å². The quantitative estimate of drug-likeness (QED) is 0.0922. The van der Waals surface area contributed by atoms with E-state index >= 15 is 0 Å². The molecule has 0 bridgehead atoms. The maximum absolute atomic E-state index is 13.5. The number of halogens is 1. The second kappa shape index (κ2) is 13.2. The summed E-state index contributed by atoms with van der Waals surface area (Å²) in [4.78, 5) is 50.6. The summed E-state index contributed by atoms with van der Waals surface area (Å²) < 4.78 is 18.0. The van der Waals surface area contributed by atoms with Crippen molar-refractivity contribution in [3.8, 4) is 17.2 Å². The van der Waals surface area contributed by atoms with E-state index in [1.54, 1.807) is 54.6 Å². The maximum atomic E-state index is 13.5. The number of methoxy groups -OCH3 is 1. The fraction of sp³-hybridized carbons (Fsp3) is 0.0938. The molecule has 0 spiro atoms. The van der Waals surface area contributed by atoms with Gasteiger partial charge in [-0.2, -0.15) is 0 Å². The van der Waals surface area contributed by atoms with Crippen molar-refractivity contribution in [2.45, 2.75) is 13.2 Å². The van der Waals surface area contributed by atoms with E-state index in [1.165, 1.54) is 25.3 Å². The highest BCUT2D eigenvalue weighted by Gasteiger charge is 2.37. The van der Waals surface area contributed by atoms with Gasteiger partial charge in [0.25, 0.3) is 17.5 Å². The van der Waals surface area contributed by atoms with E-state index in [0.717, 1.165) is 14.9 Å². The molecule has 0 radical (unpaired) electrons. The highest BCUT2D eigenvalue weighted by atomic mass is 79.9. The molecule has 1 heterocycles. The molecule has 0 atom stereocenters. The molecule has 5 rings (SSSR count). The van der Waals surface area contributed by atoms with Crippen molar-refractivity contribution in [2.24, 2.45) is 0 Å². The number of nitrogens with zero attached hydrogens (tertiary/aromatic N) is 2. The van der Waals surface area contributed by atoms with Gasteiger partial charge in [0, 0.05) is 28.2 Å². The summed E-state index contributed by atoms with van der Waals surface area (Å²) in [6.07, 6.45) is 1.31. The van der Waals surface area contributed by atoms with Gasteiger partial charge in [-0.25, -0.2) is 9.69 Å². The lowest BCUT2D eigenvalue weighted by molar-refractivity contribution is -0.384. The molecular formula is C32H24BrN3O8. The number of nitrogens with one attached hydrogen (secondary N) is 1. The van der Waals surface area contributed by atoms with E-state index in [-0.39, 0.29) is 29.3 Å². The van der Waals surface area contributed by atoms with Crippen molar-refractivity contribution in [1.29, 1.82) is 0 Å². The smallest absolute Gasteiger partial charge is 0.335 e. The van der Waals surface area contributed by atoms with Crippen molar-refractivity contribution in [3.63, 3.8) is 0 Å². The van der Waals surface area contributed by atoms with Crippen LogP contribution in [0.25, 0.3) is 6.08 Å². The number of amides is 4. The fourth-order valence-electron chi connectivity index (χ4n) is 4.29. The number of hydrogen-bond donors (Lipinski definition) is 1. The molecule has 0 aliphatic carbocycles. The molecule has 1 N–H and O–H groups in total. The van der Waals surface area contributed by atoms with Gasteiger partial charge in [0.05, 0.1) is 17.7 Å². The number of benzene rings is 4. The largest absolute Gasteiger partial charge is 0.497 e. The molecule has 1 fully saturated rings. The number of imide groups is 2. The van der Waals surface area contributed by atoms with Crippen LogP contribution in [0.2, 0.25) is 0 Å². The monoisotopic (exact) mass is 657 g/mol. The van der Waals surface area contributed by atoms with Gasteiger partial charge in [0.15, 0.2) is 0 Å². The normalized spacial score (nSPS) is 13.9. The molecule has 1 aliphatic heterocycles. The Balaban J connectivity index is 1.36. The van der Waals surface area contributed by atoms with Gasteiger partial charge in [-0.15, -0.1) is 0 Å². The Bertz CT molecular complexity index is 1770. The highest BCUT2D eigenvalue weighted by molar-refractivity contribution is 9.10. The van der Waals surface area contributed by atoms with Gasteiger partial charge in [-0.3, -0.25) is 25.0 Å². The predicted molar refractivity (Wildman–Crippen MR) is 164 cm³/mol. The average Bonchev–Trinajstić information content (AvgIpc) is 3.02. The number of anilines is 1. The van der Waals surface area contributed by atoms with Crippen molar-refractivity contribution in [1.82, 2.24) is 5.32 Å². The molecule has 0 unspecified atom stereocenters. The van der Waals surface area contributed by atoms with E-state index in [9.17, 15) is 24.5 Å². The van der Waals surface area contributed by atoms with Gasteiger partial charge >= 0.3 is 6.03 Å². The van der Waals surface area contributed by atoms with Crippen LogP contribution in [0.3, 0.4) is 0 Å². The van der Waals surface area contributed by atoms with Gasteiger partial charge in [0.1, 0.15) is 36.0 Å². The number of non-ortho nitro benzene ring substituents is 1. The minimum absolute atomic E-state index is 0.0357. The zero-order chi connectivity index (χ0) is 31.2. The van der Waals surface area contributed by atoms with E-state index in [0.29, 0.717) is 29.2 Å². The molecule has 4 aromatic carbocycles. The third kappa shape index (κ3) is 6.93. The van der Waals surface area contributed by atoms with E-state index in [1.807, 2.05) is 24.3 Å². The number of carbonyl (C=O) groups is 3. The summed E-state index contributed by atoms with van der Waals surface area (Å²) in [5.74, 6) is -0.481. The Labute approximate surface area is 259 Å². The Hall–Kier alpha value is -5.49. The number of barbiturate groups is 1. The number of ether oxygens (including phenoxy) is 3. The van der Waals surface area contributed by atoms with Crippen LogP contribution >= 0.6 is 15.9 Å². The SMILES string of the molecule is COc1ccc(/C=C2\C(=O)NC(=O)N(c3ccc(OCc4ccc(Br)cc4)cc3)C2=O)c(OCc2cccc([N+](=O)[O-])c2)c1. The summed E-state index contributed by atoms with van der Waals surface area (Å²) in [7, 11) is 1.47. The van der Waals surface area contributed by atoms with Crippen LogP contribution in [0.4, 0.5) is 16.2 Å². The Morgan fingerprint density at radius 1 is 0.864 bits per heavy atom. The summed E-state index contributed by atoms with van der Waals surface area (Å²) in [6.45, 7) is 0.288. The first-order valence-electron chi connectivity index (χ1n) is 13.1. The van der Waals surface area contributed by atoms with E-state index in [2.05, 4.69) is 21.2 Å². The Kier molecular flexibility index (Phi) is 9.01. The molecule has 4 amide bonds. The van der Waals surface area contributed by atoms with Crippen LogP contribution in [-0.4, -0.2) is 29.9 Å². The summed E-state index contributed by atoms with van der Waals surface area (Å²) in [5.41, 5.74) is 1.69. The average molecular weight is 658 g/mol. The second-order valence-corrected chi connectivity index (χ2v) is 10.4. The molecule has 1 aliphatic rings. The molecule has 1 saturated heterocycles. The molecule has 222 valence electrons. The van der Waals surface area contributed by atoms with Crippen LogP contribution in [0.5, 0.6) is 17.2 Å². The second-order valence-electron chi connectivity index (χ2n) is 9.49. The van der Waals surface area contributed by atoms with Crippen molar-refractivity contribution < 1.29 is 33.5 Å². The summed E-state index contributed by atoms with van der Waals surface area (Å²) >= 11 is 3.39. The van der Waals surface area contributed by atoms with Crippen LogP contribution in [0.15, 0.2) is 101 Å². The minimum atomic E-state index is -0.891. The fourth-order valence-corrected chi connectivity index (χ4v) is 4.56. The Morgan fingerprint density at radius 2 is 1.57 bits per heavy atom. The number of carbonyl (C=O) groups excluding carboxylic acids is 3. The van der Waals surface area contributed by atoms with Gasteiger partial charge in [-0.05, 0) is 65.7 Å². The van der Waals surface area contributed by atoms with Gasteiger partial charge in [-0.1, -0.05) is 40.2 Å².